The Hall–Kier alpha value is -0.920. The van der Waals surface area contributed by atoms with E-state index in [2.05, 4.69) is 9.97 Å². The van der Waals surface area contributed by atoms with E-state index in [1.54, 1.807) is 16.7 Å². The van der Waals surface area contributed by atoms with Crippen molar-refractivity contribution in [1.82, 2.24) is 9.97 Å². The van der Waals surface area contributed by atoms with E-state index >= 15 is 0 Å². The predicted molar refractivity (Wildman–Crippen MR) is 64.4 cm³/mol. The van der Waals surface area contributed by atoms with E-state index in [0.717, 1.165) is 14.4 Å². The van der Waals surface area contributed by atoms with Crippen molar-refractivity contribution in [3.05, 3.63) is 22.1 Å². The first kappa shape index (κ1) is 11.6. The summed E-state index contributed by atoms with van der Waals surface area (Å²) in [6.45, 7) is 1.94. The highest BCUT2D eigenvalue weighted by Gasteiger charge is 2.08. The number of nitrogens with zero attached hydrogens (tertiary/aromatic N) is 2. The molecule has 0 bridgehead atoms. The molecule has 0 unspecified atom stereocenters. The van der Waals surface area contributed by atoms with Crippen molar-refractivity contribution in [3.63, 3.8) is 0 Å². The zero-order valence-corrected chi connectivity index (χ0v) is 10.8. The standard InChI is InChI=1S/C9H8N2O2S3/c1-5-3-14-8(10-5)16-9-11-6(4-15-9)2-7(12)13/h3-4H,2H2,1H3,(H,12,13). The first-order chi connectivity index (χ1) is 7.63. The fourth-order valence-corrected chi connectivity index (χ4v) is 3.90. The van der Waals surface area contributed by atoms with Crippen molar-refractivity contribution >= 4 is 40.4 Å². The quantitative estimate of drug-likeness (QED) is 0.927. The van der Waals surface area contributed by atoms with Gasteiger partial charge in [0.1, 0.15) is 0 Å². The van der Waals surface area contributed by atoms with Gasteiger partial charge in [-0.25, -0.2) is 9.97 Å². The highest BCUT2D eigenvalue weighted by atomic mass is 32.2. The van der Waals surface area contributed by atoms with Crippen molar-refractivity contribution in [2.45, 2.75) is 22.0 Å². The summed E-state index contributed by atoms with van der Waals surface area (Å²) >= 11 is 4.50. The van der Waals surface area contributed by atoms with Crippen LogP contribution in [-0.2, 0) is 11.2 Å². The van der Waals surface area contributed by atoms with E-state index in [1.807, 2.05) is 12.3 Å². The monoisotopic (exact) mass is 272 g/mol. The van der Waals surface area contributed by atoms with Gasteiger partial charge in [-0.05, 0) is 18.7 Å². The van der Waals surface area contributed by atoms with Crippen molar-refractivity contribution in [3.8, 4) is 0 Å². The van der Waals surface area contributed by atoms with Gasteiger partial charge < -0.3 is 5.11 Å². The molecule has 0 aliphatic rings. The molecule has 0 spiro atoms. The molecule has 2 rings (SSSR count). The Bertz CT molecular complexity index is 506. The number of aliphatic carboxylic acids is 1. The van der Waals surface area contributed by atoms with Crippen LogP contribution in [0.4, 0.5) is 0 Å². The average molecular weight is 272 g/mol. The van der Waals surface area contributed by atoms with E-state index in [-0.39, 0.29) is 6.42 Å². The molecule has 1 N–H and O–H groups in total. The molecular formula is C9H8N2O2S3. The lowest BCUT2D eigenvalue weighted by molar-refractivity contribution is -0.136. The third-order valence-electron chi connectivity index (χ3n) is 1.64. The Kier molecular flexibility index (Phi) is 3.57. The Balaban J connectivity index is 2.05. The van der Waals surface area contributed by atoms with E-state index in [4.69, 9.17) is 5.11 Å². The molecule has 0 amide bonds. The second kappa shape index (κ2) is 4.94. The van der Waals surface area contributed by atoms with Crippen LogP contribution in [0.3, 0.4) is 0 Å². The molecular weight excluding hydrogens is 264 g/mol. The van der Waals surface area contributed by atoms with Gasteiger partial charge in [0.25, 0.3) is 0 Å². The third-order valence-corrected chi connectivity index (χ3v) is 4.68. The number of aromatic nitrogens is 2. The van der Waals surface area contributed by atoms with Crippen LogP contribution in [0, 0.1) is 6.92 Å². The van der Waals surface area contributed by atoms with Crippen LogP contribution in [-0.4, -0.2) is 21.0 Å². The van der Waals surface area contributed by atoms with Crippen molar-refractivity contribution < 1.29 is 9.90 Å². The van der Waals surface area contributed by atoms with Gasteiger partial charge in [-0.3, -0.25) is 4.79 Å². The van der Waals surface area contributed by atoms with Gasteiger partial charge in [0.15, 0.2) is 8.68 Å². The lowest BCUT2D eigenvalue weighted by Gasteiger charge is -1.90. The predicted octanol–water partition coefficient (Wildman–Crippen LogP) is 2.69. The summed E-state index contributed by atoms with van der Waals surface area (Å²) in [5.74, 6) is -0.855. The molecule has 0 aliphatic carbocycles. The number of aryl methyl sites for hydroxylation is 1. The Morgan fingerprint density at radius 3 is 2.69 bits per heavy atom. The van der Waals surface area contributed by atoms with Crippen LogP contribution < -0.4 is 0 Å². The Morgan fingerprint density at radius 2 is 2.06 bits per heavy atom. The number of carboxylic acid groups (broad SMARTS) is 1. The summed E-state index contributed by atoms with van der Waals surface area (Å²) in [4.78, 5) is 19.0. The minimum Gasteiger partial charge on any atom is -0.481 e. The summed E-state index contributed by atoms with van der Waals surface area (Å²) in [5, 5.41) is 12.4. The second-order valence-corrected chi connectivity index (χ2v) is 6.24. The van der Waals surface area contributed by atoms with E-state index in [0.29, 0.717) is 5.69 Å². The van der Waals surface area contributed by atoms with Crippen molar-refractivity contribution in [2.24, 2.45) is 0 Å². The van der Waals surface area contributed by atoms with Gasteiger partial charge in [-0.1, -0.05) is 0 Å². The first-order valence-electron chi connectivity index (χ1n) is 4.39. The van der Waals surface area contributed by atoms with Gasteiger partial charge >= 0.3 is 5.97 Å². The summed E-state index contributed by atoms with van der Waals surface area (Å²) in [7, 11) is 0. The van der Waals surface area contributed by atoms with Crippen LogP contribution >= 0.6 is 34.4 Å². The average Bonchev–Trinajstić information content (AvgIpc) is 2.76. The third kappa shape index (κ3) is 3.03. The molecule has 0 fully saturated rings. The fourth-order valence-electron chi connectivity index (χ4n) is 1.03. The number of rotatable bonds is 4. The molecule has 84 valence electrons. The van der Waals surface area contributed by atoms with Crippen LogP contribution in [0.5, 0.6) is 0 Å². The first-order valence-corrected chi connectivity index (χ1v) is 6.97. The molecule has 2 heterocycles. The van der Waals surface area contributed by atoms with E-state index in [9.17, 15) is 4.79 Å². The molecule has 2 aromatic heterocycles. The number of thiazole rings is 2. The number of carboxylic acids is 1. The number of carbonyl (C=O) groups is 1. The van der Waals surface area contributed by atoms with Gasteiger partial charge in [0.05, 0.1) is 12.1 Å². The van der Waals surface area contributed by atoms with E-state index < -0.39 is 5.97 Å². The number of hydrogen-bond acceptors (Lipinski definition) is 6. The second-order valence-electron chi connectivity index (χ2n) is 3.03. The summed E-state index contributed by atoms with van der Waals surface area (Å²) < 4.78 is 1.78. The van der Waals surface area contributed by atoms with Crippen molar-refractivity contribution in [1.29, 1.82) is 0 Å². The molecule has 16 heavy (non-hydrogen) atoms. The highest BCUT2D eigenvalue weighted by molar-refractivity contribution is 8.02. The maximum atomic E-state index is 10.5. The van der Waals surface area contributed by atoms with Gasteiger partial charge in [-0.2, -0.15) is 0 Å². The highest BCUT2D eigenvalue weighted by Crippen LogP contribution is 2.32. The molecule has 0 saturated carbocycles. The van der Waals surface area contributed by atoms with Crippen LogP contribution in [0.1, 0.15) is 11.4 Å². The Morgan fingerprint density at radius 1 is 1.38 bits per heavy atom. The van der Waals surface area contributed by atoms with Gasteiger partial charge in [0, 0.05) is 16.5 Å². The smallest absolute Gasteiger partial charge is 0.309 e. The SMILES string of the molecule is Cc1csc(Sc2nc(CC(=O)O)cs2)n1. The molecule has 0 atom stereocenters. The van der Waals surface area contributed by atoms with Crippen LogP contribution in [0.2, 0.25) is 0 Å². The summed E-state index contributed by atoms with van der Waals surface area (Å²) in [6.07, 6.45) is -0.0199. The van der Waals surface area contributed by atoms with E-state index in [1.165, 1.54) is 23.1 Å². The van der Waals surface area contributed by atoms with Gasteiger partial charge in [0.2, 0.25) is 0 Å². The molecule has 7 heteroatoms. The maximum Gasteiger partial charge on any atom is 0.309 e. The molecule has 0 aliphatic heterocycles. The molecule has 0 aromatic carbocycles. The van der Waals surface area contributed by atoms with Crippen LogP contribution in [0.15, 0.2) is 19.4 Å². The summed E-state index contributed by atoms with van der Waals surface area (Å²) in [6, 6.07) is 0. The lowest BCUT2D eigenvalue weighted by Crippen LogP contribution is -1.99. The largest absolute Gasteiger partial charge is 0.481 e. The van der Waals surface area contributed by atoms with Crippen LogP contribution in [0.25, 0.3) is 0 Å². The molecule has 4 nitrogen and oxygen atoms in total. The zero-order valence-electron chi connectivity index (χ0n) is 8.34. The molecule has 2 aromatic rings. The zero-order chi connectivity index (χ0) is 11.5. The minimum absolute atomic E-state index is 0.0199. The Labute approximate surface area is 104 Å². The van der Waals surface area contributed by atoms with Gasteiger partial charge in [-0.15, -0.1) is 22.7 Å². The molecule has 0 saturated heterocycles. The van der Waals surface area contributed by atoms with Crippen molar-refractivity contribution in [2.75, 3.05) is 0 Å². The normalized spacial score (nSPS) is 10.6. The fraction of sp³-hybridized carbons (Fsp3) is 0.222. The maximum absolute atomic E-state index is 10.5. The summed E-state index contributed by atoms with van der Waals surface area (Å²) in [5.41, 5.74) is 1.60. The molecule has 0 radical (unpaired) electrons. The number of hydrogen-bond donors (Lipinski definition) is 1. The topological polar surface area (TPSA) is 63.1 Å². The minimum atomic E-state index is -0.855. The lowest BCUT2D eigenvalue weighted by atomic mass is 10.3.